The van der Waals surface area contributed by atoms with E-state index in [9.17, 15) is 0 Å². The zero-order chi connectivity index (χ0) is 8.10. The van der Waals surface area contributed by atoms with E-state index in [0.717, 1.165) is 6.42 Å². The van der Waals surface area contributed by atoms with Gasteiger partial charge >= 0.3 is 0 Å². The highest BCUT2D eigenvalue weighted by molar-refractivity contribution is 5.30. The molecule has 0 fully saturated rings. The highest BCUT2D eigenvalue weighted by Gasteiger charge is 1.87. The minimum absolute atomic E-state index is 0.423. The first-order chi connectivity index (χ1) is 5.33. The highest BCUT2D eigenvalue weighted by atomic mass is 14.9. The van der Waals surface area contributed by atoms with E-state index < -0.39 is 0 Å². The molecule has 0 aromatic carbocycles. The molecule has 1 rings (SSSR count). The van der Waals surface area contributed by atoms with E-state index in [1.165, 1.54) is 6.20 Å². The minimum atomic E-state index is 0.423. The van der Waals surface area contributed by atoms with E-state index in [0.29, 0.717) is 11.5 Å². The molecule has 0 saturated carbocycles. The molecule has 1 heterocycles. The minimum Gasteiger partial charge on any atom is -0.382 e. The first kappa shape index (κ1) is 7.55. The quantitative estimate of drug-likeness (QED) is 0.553. The van der Waals surface area contributed by atoms with Crippen LogP contribution in [-0.2, 0) is 0 Å². The van der Waals surface area contributed by atoms with Gasteiger partial charge in [0.05, 0.1) is 12.4 Å². The molecule has 0 unspecified atom stereocenters. The van der Waals surface area contributed by atoms with Crippen molar-refractivity contribution in [1.82, 2.24) is 9.97 Å². The van der Waals surface area contributed by atoms with Crippen molar-refractivity contribution >= 4 is 5.82 Å². The lowest BCUT2D eigenvalue weighted by atomic mass is 10.4. The van der Waals surface area contributed by atoms with Gasteiger partial charge in [0, 0.05) is 6.42 Å². The molecule has 0 radical (unpaired) electrons. The van der Waals surface area contributed by atoms with E-state index in [4.69, 9.17) is 5.73 Å². The number of anilines is 1. The molecule has 56 valence electrons. The lowest BCUT2D eigenvalue weighted by molar-refractivity contribution is 1.18. The standard InChI is InChI=1S/C8H9N3/c1-2-3-4-7-5-11-8(9)6-10-7/h5-6H,2H2,1H3,(H2,9,11). The lowest BCUT2D eigenvalue weighted by Gasteiger charge is -1.89. The largest absolute Gasteiger partial charge is 0.382 e. The van der Waals surface area contributed by atoms with Crippen molar-refractivity contribution in [1.29, 1.82) is 0 Å². The van der Waals surface area contributed by atoms with Gasteiger partial charge < -0.3 is 5.73 Å². The van der Waals surface area contributed by atoms with Gasteiger partial charge in [0.2, 0.25) is 0 Å². The average Bonchev–Trinajstić information content (AvgIpc) is 2.04. The van der Waals surface area contributed by atoms with Crippen LogP contribution >= 0.6 is 0 Å². The molecule has 2 N–H and O–H groups in total. The summed E-state index contributed by atoms with van der Waals surface area (Å²) in [5.74, 6) is 6.16. The molecule has 0 amide bonds. The molecule has 0 aliphatic carbocycles. The third-order valence-electron chi connectivity index (χ3n) is 1.07. The molecule has 3 heteroatoms. The summed E-state index contributed by atoms with van der Waals surface area (Å²) in [5.41, 5.74) is 6.00. The molecular formula is C8H9N3. The molecule has 0 saturated heterocycles. The summed E-state index contributed by atoms with van der Waals surface area (Å²) in [7, 11) is 0. The van der Waals surface area contributed by atoms with Crippen LogP contribution in [0.5, 0.6) is 0 Å². The topological polar surface area (TPSA) is 51.8 Å². The van der Waals surface area contributed by atoms with Gasteiger partial charge in [-0.25, -0.2) is 9.97 Å². The molecule has 0 bridgehead atoms. The van der Waals surface area contributed by atoms with E-state index in [-0.39, 0.29) is 0 Å². The van der Waals surface area contributed by atoms with Crippen LogP contribution in [0.3, 0.4) is 0 Å². The van der Waals surface area contributed by atoms with Crippen molar-refractivity contribution < 1.29 is 0 Å². The lowest BCUT2D eigenvalue weighted by Crippen LogP contribution is -1.92. The van der Waals surface area contributed by atoms with Gasteiger partial charge in [-0.1, -0.05) is 12.8 Å². The second-order valence-electron chi connectivity index (χ2n) is 1.98. The summed E-state index contributed by atoms with van der Waals surface area (Å²) in [4.78, 5) is 7.80. The van der Waals surface area contributed by atoms with Crippen LogP contribution in [0, 0.1) is 11.8 Å². The van der Waals surface area contributed by atoms with Crippen molar-refractivity contribution in [3.8, 4) is 11.8 Å². The summed E-state index contributed by atoms with van der Waals surface area (Å²) in [6, 6.07) is 0. The fourth-order valence-corrected chi connectivity index (χ4v) is 0.582. The molecule has 1 aromatic rings. The van der Waals surface area contributed by atoms with Crippen molar-refractivity contribution in [2.45, 2.75) is 13.3 Å². The Morgan fingerprint density at radius 1 is 1.45 bits per heavy atom. The Morgan fingerprint density at radius 3 is 2.82 bits per heavy atom. The van der Waals surface area contributed by atoms with E-state index in [2.05, 4.69) is 21.8 Å². The second-order valence-corrected chi connectivity index (χ2v) is 1.98. The van der Waals surface area contributed by atoms with Crippen LogP contribution in [0.25, 0.3) is 0 Å². The van der Waals surface area contributed by atoms with Crippen LogP contribution in [0.2, 0.25) is 0 Å². The Hall–Kier alpha value is -1.56. The van der Waals surface area contributed by atoms with Crippen LogP contribution in [0.1, 0.15) is 19.0 Å². The van der Waals surface area contributed by atoms with Crippen LogP contribution < -0.4 is 5.73 Å². The van der Waals surface area contributed by atoms with Crippen LogP contribution in [0.4, 0.5) is 5.82 Å². The van der Waals surface area contributed by atoms with Crippen molar-refractivity contribution in [2.24, 2.45) is 0 Å². The molecule has 1 aromatic heterocycles. The Balaban J connectivity index is 2.82. The maximum absolute atomic E-state index is 5.33. The number of nitrogen functional groups attached to an aromatic ring is 1. The Labute approximate surface area is 65.7 Å². The maximum atomic E-state index is 5.33. The Morgan fingerprint density at radius 2 is 2.27 bits per heavy atom. The average molecular weight is 147 g/mol. The van der Waals surface area contributed by atoms with Gasteiger partial charge in [-0.2, -0.15) is 0 Å². The number of aromatic nitrogens is 2. The van der Waals surface area contributed by atoms with Crippen LogP contribution in [-0.4, -0.2) is 9.97 Å². The normalized spacial score (nSPS) is 8.45. The number of rotatable bonds is 0. The smallest absolute Gasteiger partial charge is 0.141 e. The summed E-state index contributed by atoms with van der Waals surface area (Å²) in [5, 5.41) is 0. The van der Waals surface area contributed by atoms with Crippen LogP contribution in [0.15, 0.2) is 12.4 Å². The zero-order valence-electron chi connectivity index (χ0n) is 6.33. The second kappa shape index (κ2) is 3.57. The summed E-state index contributed by atoms with van der Waals surface area (Å²) in [6.45, 7) is 1.98. The fourth-order valence-electron chi connectivity index (χ4n) is 0.582. The summed E-state index contributed by atoms with van der Waals surface area (Å²) in [6.07, 6.45) is 3.89. The molecule has 0 atom stereocenters. The highest BCUT2D eigenvalue weighted by Crippen LogP contribution is 1.93. The van der Waals surface area contributed by atoms with Gasteiger partial charge in [0.25, 0.3) is 0 Å². The first-order valence-electron chi connectivity index (χ1n) is 3.39. The van der Waals surface area contributed by atoms with Crippen molar-refractivity contribution in [3.05, 3.63) is 18.1 Å². The van der Waals surface area contributed by atoms with Gasteiger partial charge in [0.1, 0.15) is 11.5 Å². The number of hydrogen-bond acceptors (Lipinski definition) is 3. The van der Waals surface area contributed by atoms with E-state index in [1.54, 1.807) is 6.20 Å². The third-order valence-corrected chi connectivity index (χ3v) is 1.07. The van der Waals surface area contributed by atoms with Gasteiger partial charge in [-0.05, 0) is 5.92 Å². The van der Waals surface area contributed by atoms with Gasteiger partial charge in [-0.15, -0.1) is 0 Å². The van der Waals surface area contributed by atoms with Crippen molar-refractivity contribution in [2.75, 3.05) is 5.73 Å². The van der Waals surface area contributed by atoms with E-state index >= 15 is 0 Å². The van der Waals surface area contributed by atoms with Gasteiger partial charge in [-0.3, -0.25) is 0 Å². The third kappa shape index (κ3) is 2.26. The number of nitrogens with zero attached hydrogens (tertiary/aromatic N) is 2. The molecular weight excluding hydrogens is 138 g/mol. The van der Waals surface area contributed by atoms with E-state index in [1.807, 2.05) is 6.92 Å². The molecule has 0 aliphatic heterocycles. The predicted octanol–water partition coefficient (Wildman–Crippen LogP) is 0.820. The summed E-state index contributed by atoms with van der Waals surface area (Å²) < 4.78 is 0. The molecule has 0 aliphatic rings. The maximum Gasteiger partial charge on any atom is 0.141 e. The monoisotopic (exact) mass is 147 g/mol. The molecule has 0 spiro atoms. The summed E-state index contributed by atoms with van der Waals surface area (Å²) >= 11 is 0. The Bertz CT molecular complexity index is 278. The zero-order valence-corrected chi connectivity index (χ0v) is 6.33. The molecule has 11 heavy (non-hydrogen) atoms. The predicted molar refractivity (Wildman–Crippen MR) is 43.6 cm³/mol. The molecule has 3 nitrogen and oxygen atoms in total. The number of nitrogens with two attached hydrogens (primary N) is 1. The first-order valence-corrected chi connectivity index (χ1v) is 3.39. The SMILES string of the molecule is CCC#Cc1cnc(N)cn1. The fraction of sp³-hybridized carbons (Fsp3) is 0.250. The number of hydrogen-bond donors (Lipinski definition) is 1. The van der Waals surface area contributed by atoms with Gasteiger partial charge in [0.15, 0.2) is 0 Å². The van der Waals surface area contributed by atoms with Crippen molar-refractivity contribution in [3.63, 3.8) is 0 Å². The Kier molecular flexibility index (Phi) is 2.45.